The second-order valence-electron chi connectivity index (χ2n) is 5.35. The van der Waals surface area contributed by atoms with E-state index in [1.165, 1.54) is 28.7 Å². The molecule has 0 aliphatic heterocycles. The van der Waals surface area contributed by atoms with Crippen molar-refractivity contribution in [1.82, 2.24) is 15.5 Å². The summed E-state index contributed by atoms with van der Waals surface area (Å²) in [6.07, 6.45) is 0. The van der Waals surface area contributed by atoms with Gasteiger partial charge in [-0.05, 0) is 25.0 Å². The van der Waals surface area contributed by atoms with Crippen molar-refractivity contribution >= 4 is 39.8 Å². The van der Waals surface area contributed by atoms with Gasteiger partial charge in [-0.1, -0.05) is 54.6 Å². The second kappa shape index (κ2) is 8.14. The fraction of sp³-hybridized carbons (Fsp3) is 0.400. The molecule has 7 heteroatoms. The Morgan fingerprint density at radius 2 is 2.00 bits per heavy atom. The normalized spacial score (nSPS) is 10.7. The first-order valence-electron chi connectivity index (χ1n) is 7.09. The smallest absolute Gasteiger partial charge is 0.230 e. The summed E-state index contributed by atoms with van der Waals surface area (Å²) in [4.78, 5) is 11.7. The molecule has 118 valence electrons. The Bertz CT molecular complexity index is 610. The number of aryl methyl sites for hydroxylation is 1. The molecule has 0 atom stereocenters. The largest absolute Gasteiger partial charge is 0.355 e. The third kappa shape index (κ3) is 5.65. The lowest BCUT2D eigenvalue weighted by Gasteiger charge is -2.06. The van der Waals surface area contributed by atoms with Crippen molar-refractivity contribution in [2.45, 2.75) is 25.1 Å². The summed E-state index contributed by atoms with van der Waals surface area (Å²) < 4.78 is 0.786. The number of nitrogens with one attached hydrogen (secondary N) is 2. The summed E-state index contributed by atoms with van der Waals surface area (Å²) >= 11 is 2.85. The Hall–Kier alpha value is -1.60. The van der Waals surface area contributed by atoms with Crippen molar-refractivity contribution in [2.75, 3.05) is 17.6 Å². The van der Waals surface area contributed by atoms with E-state index in [-0.39, 0.29) is 5.91 Å². The van der Waals surface area contributed by atoms with Gasteiger partial charge in [0, 0.05) is 12.2 Å². The number of carbonyl (C=O) groups excluding carboxylic acids is 1. The Kier molecular flexibility index (Phi) is 6.21. The van der Waals surface area contributed by atoms with E-state index >= 15 is 0 Å². The Labute approximate surface area is 138 Å². The van der Waals surface area contributed by atoms with Gasteiger partial charge in [0.25, 0.3) is 0 Å². The van der Waals surface area contributed by atoms with Gasteiger partial charge in [-0.3, -0.25) is 4.79 Å². The Morgan fingerprint density at radius 1 is 1.27 bits per heavy atom. The van der Waals surface area contributed by atoms with Crippen LogP contribution in [0, 0.1) is 12.8 Å². The zero-order valence-corrected chi connectivity index (χ0v) is 14.6. The number of aromatic nitrogens is 2. The maximum atomic E-state index is 11.7. The van der Waals surface area contributed by atoms with E-state index in [4.69, 9.17) is 0 Å². The first-order valence-corrected chi connectivity index (χ1v) is 8.90. The molecule has 2 rings (SSSR count). The zero-order valence-electron chi connectivity index (χ0n) is 12.9. The molecule has 0 saturated heterocycles. The maximum Gasteiger partial charge on any atom is 0.230 e. The summed E-state index contributed by atoms with van der Waals surface area (Å²) in [6, 6.07) is 8.09. The molecule has 0 saturated carbocycles. The third-order valence-electron chi connectivity index (χ3n) is 2.74. The average Bonchev–Trinajstić information content (AvgIpc) is 2.93. The fourth-order valence-corrected chi connectivity index (χ4v) is 3.18. The molecular formula is C15H20N4OS2. The predicted octanol–water partition coefficient (Wildman–Crippen LogP) is 3.45. The quantitative estimate of drug-likeness (QED) is 0.758. The van der Waals surface area contributed by atoms with Crippen LogP contribution in [0.3, 0.4) is 0 Å². The minimum atomic E-state index is 0.0296. The lowest BCUT2D eigenvalue weighted by molar-refractivity contribution is -0.118. The van der Waals surface area contributed by atoms with Crippen molar-refractivity contribution < 1.29 is 4.79 Å². The van der Waals surface area contributed by atoms with Gasteiger partial charge in [0.05, 0.1) is 5.75 Å². The Balaban J connectivity index is 1.81. The van der Waals surface area contributed by atoms with Crippen molar-refractivity contribution in [3.63, 3.8) is 0 Å². The first kappa shape index (κ1) is 16.8. The van der Waals surface area contributed by atoms with E-state index in [2.05, 4.69) is 34.7 Å². The van der Waals surface area contributed by atoms with E-state index in [0.29, 0.717) is 18.2 Å². The van der Waals surface area contributed by atoms with E-state index < -0.39 is 0 Å². The first-order chi connectivity index (χ1) is 10.5. The zero-order chi connectivity index (χ0) is 15.9. The fourth-order valence-electron chi connectivity index (χ4n) is 1.58. The highest BCUT2D eigenvalue weighted by Gasteiger charge is 2.08. The van der Waals surface area contributed by atoms with Crippen molar-refractivity contribution in [3.05, 3.63) is 29.8 Å². The molecule has 1 amide bonds. The number of hydrogen-bond acceptors (Lipinski definition) is 6. The topological polar surface area (TPSA) is 66.9 Å². The minimum absolute atomic E-state index is 0.0296. The molecule has 0 aliphatic carbocycles. The number of rotatable bonds is 7. The van der Waals surface area contributed by atoms with Gasteiger partial charge in [-0.25, -0.2) is 0 Å². The number of nitrogens with zero attached hydrogens (tertiary/aromatic N) is 2. The molecule has 5 nitrogen and oxygen atoms in total. The molecule has 0 aliphatic rings. The molecule has 2 aromatic rings. The van der Waals surface area contributed by atoms with Crippen LogP contribution in [0.2, 0.25) is 0 Å². The number of carbonyl (C=O) groups is 1. The molecular weight excluding hydrogens is 316 g/mol. The average molecular weight is 336 g/mol. The number of benzene rings is 1. The van der Waals surface area contributed by atoms with Gasteiger partial charge in [-0.15, -0.1) is 10.2 Å². The summed E-state index contributed by atoms with van der Waals surface area (Å²) in [5.41, 5.74) is 2.19. The number of anilines is 2. The van der Waals surface area contributed by atoms with Gasteiger partial charge in [0.2, 0.25) is 11.0 Å². The molecule has 0 spiro atoms. The monoisotopic (exact) mass is 336 g/mol. The molecule has 0 unspecified atom stereocenters. The molecule has 0 bridgehead atoms. The highest BCUT2D eigenvalue weighted by atomic mass is 32.2. The summed E-state index contributed by atoms with van der Waals surface area (Å²) in [5.74, 6) is 0.856. The van der Waals surface area contributed by atoms with Crippen LogP contribution in [0.5, 0.6) is 0 Å². The predicted molar refractivity (Wildman–Crippen MR) is 92.9 cm³/mol. The van der Waals surface area contributed by atoms with Crippen molar-refractivity contribution in [3.8, 4) is 0 Å². The lowest BCUT2D eigenvalue weighted by atomic mass is 10.2. The van der Waals surface area contributed by atoms with E-state index in [9.17, 15) is 4.79 Å². The van der Waals surface area contributed by atoms with Gasteiger partial charge in [0.15, 0.2) is 4.34 Å². The van der Waals surface area contributed by atoms with Gasteiger partial charge < -0.3 is 10.6 Å². The SMILES string of the molecule is Cc1ccc(Nc2nnc(SCC(=O)NCC(C)C)s2)cc1. The number of thioether (sulfide) groups is 1. The second-order valence-corrected chi connectivity index (χ2v) is 7.55. The third-order valence-corrected chi connectivity index (χ3v) is 4.72. The number of hydrogen-bond donors (Lipinski definition) is 2. The van der Waals surface area contributed by atoms with Gasteiger partial charge in [-0.2, -0.15) is 0 Å². The van der Waals surface area contributed by atoms with E-state index in [0.717, 1.165) is 15.2 Å². The van der Waals surface area contributed by atoms with Crippen LogP contribution < -0.4 is 10.6 Å². The van der Waals surface area contributed by atoms with Crippen LogP contribution in [0.15, 0.2) is 28.6 Å². The van der Waals surface area contributed by atoms with Crippen molar-refractivity contribution in [2.24, 2.45) is 5.92 Å². The minimum Gasteiger partial charge on any atom is -0.355 e. The molecule has 0 radical (unpaired) electrons. The standard InChI is InChI=1S/C15H20N4OS2/c1-10(2)8-16-13(20)9-21-15-19-18-14(22-15)17-12-6-4-11(3)5-7-12/h4-7,10H,8-9H2,1-3H3,(H,16,20)(H,17,18). The molecule has 0 fully saturated rings. The van der Waals surface area contributed by atoms with Crippen LogP contribution in [0.4, 0.5) is 10.8 Å². The van der Waals surface area contributed by atoms with Crippen LogP contribution in [-0.2, 0) is 4.79 Å². The molecule has 1 aromatic heterocycles. The summed E-state index contributed by atoms with van der Waals surface area (Å²) in [5, 5.41) is 15.0. The Morgan fingerprint density at radius 3 is 2.68 bits per heavy atom. The van der Waals surface area contributed by atoms with Crippen molar-refractivity contribution in [1.29, 1.82) is 0 Å². The van der Waals surface area contributed by atoms with Crippen LogP contribution in [-0.4, -0.2) is 28.4 Å². The van der Waals surface area contributed by atoms with Crippen LogP contribution in [0.1, 0.15) is 19.4 Å². The molecule has 22 heavy (non-hydrogen) atoms. The highest BCUT2D eigenvalue weighted by molar-refractivity contribution is 8.01. The number of amides is 1. The van der Waals surface area contributed by atoms with Gasteiger partial charge in [0.1, 0.15) is 0 Å². The lowest BCUT2D eigenvalue weighted by Crippen LogP contribution is -2.28. The van der Waals surface area contributed by atoms with Gasteiger partial charge >= 0.3 is 0 Å². The molecule has 1 aromatic carbocycles. The van der Waals surface area contributed by atoms with E-state index in [1.54, 1.807) is 0 Å². The molecule has 2 N–H and O–H groups in total. The highest BCUT2D eigenvalue weighted by Crippen LogP contribution is 2.27. The molecule has 1 heterocycles. The summed E-state index contributed by atoms with van der Waals surface area (Å²) in [6.45, 7) is 6.89. The maximum absolute atomic E-state index is 11.7. The van der Waals surface area contributed by atoms with Crippen LogP contribution in [0.25, 0.3) is 0 Å². The van der Waals surface area contributed by atoms with E-state index in [1.807, 2.05) is 31.2 Å². The van der Waals surface area contributed by atoms with Crippen LogP contribution >= 0.6 is 23.1 Å². The summed E-state index contributed by atoms with van der Waals surface area (Å²) in [7, 11) is 0.